The van der Waals surface area contributed by atoms with Crippen molar-refractivity contribution in [2.75, 3.05) is 6.54 Å². The second-order valence-electron chi connectivity index (χ2n) is 2.88. The lowest BCUT2D eigenvalue weighted by Gasteiger charge is -2.33. The molecule has 1 aliphatic carbocycles. The van der Waals surface area contributed by atoms with E-state index in [1.165, 1.54) is 19.3 Å². The second kappa shape index (κ2) is 3.18. The van der Waals surface area contributed by atoms with E-state index < -0.39 is 0 Å². The minimum atomic E-state index is 0.486. The van der Waals surface area contributed by atoms with Crippen LogP contribution >= 0.6 is 0 Å². The Morgan fingerprint density at radius 1 is 1.56 bits per heavy atom. The Morgan fingerprint density at radius 2 is 2.22 bits per heavy atom. The van der Waals surface area contributed by atoms with Gasteiger partial charge in [-0.2, -0.15) is 0 Å². The maximum atomic E-state index is 5.60. The first kappa shape index (κ1) is 7.03. The molecule has 1 fully saturated rings. The third-order valence-corrected chi connectivity index (χ3v) is 1.86. The number of nitrogens with one attached hydrogen (secondary N) is 1. The molecular formula is C7H16N2. The summed E-state index contributed by atoms with van der Waals surface area (Å²) in [6, 6.07) is 1.22. The van der Waals surface area contributed by atoms with Gasteiger partial charge in [-0.25, -0.2) is 0 Å². The molecule has 0 atom stereocenters. The molecule has 0 aliphatic heterocycles. The van der Waals surface area contributed by atoms with Crippen LogP contribution in [0.4, 0.5) is 0 Å². The van der Waals surface area contributed by atoms with Crippen molar-refractivity contribution in [3.05, 3.63) is 0 Å². The third-order valence-electron chi connectivity index (χ3n) is 1.86. The van der Waals surface area contributed by atoms with Crippen molar-refractivity contribution in [3.8, 4) is 0 Å². The highest BCUT2D eigenvalue weighted by Crippen LogP contribution is 2.16. The van der Waals surface area contributed by atoms with Crippen LogP contribution in [0.2, 0.25) is 0 Å². The minimum absolute atomic E-state index is 0.486. The number of hydrogen-bond acceptors (Lipinski definition) is 2. The predicted octanol–water partition coefficient (Wildman–Crippen LogP) is 0.476. The highest BCUT2D eigenvalue weighted by atomic mass is 14.9. The van der Waals surface area contributed by atoms with Gasteiger partial charge in [0.25, 0.3) is 0 Å². The van der Waals surface area contributed by atoms with Gasteiger partial charge in [-0.3, -0.25) is 0 Å². The van der Waals surface area contributed by atoms with Crippen LogP contribution in [0.5, 0.6) is 0 Å². The van der Waals surface area contributed by atoms with Gasteiger partial charge < -0.3 is 11.1 Å². The van der Waals surface area contributed by atoms with Crippen molar-refractivity contribution in [2.45, 2.75) is 38.3 Å². The van der Waals surface area contributed by atoms with Gasteiger partial charge >= 0.3 is 0 Å². The maximum Gasteiger partial charge on any atom is 0.00965 e. The molecule has 0 heterocycles. The molecule has 0 aromatic heterocycles. The Morgan fingerprint density at radius 3 is 2.67 bits per heavy atom. The first-order valence-electron chi connectivity index (χ1n) is 3.82. The Hall–Kier alpha value is -0.0800. The smallest absolute Gasteiger partial charge is 0.00965 e. The summed E-state index contributed by atoms with van der Waals surface area (Å²) in [5.74, 6) is 0. The molecule has 2 nitrogen and oxygen atoms in total. The Balaban J connectivity index is 1.91. The van der Waals surface area contributed by atoms with Gasteiger partial charge in [0.15, 0.2) is 0 Å². The average molecular weight is 128 g/mol. The van der Waals surface area contributed by atoms with Crippen LogP contribution in [0.3, 0.4) is 0 Å². The van der Waals surface area contributed by atoms with Crippen molar-refractivity contribution in [3.63, 3.8) is 0 Å². The molecule has 0 bridgehead atoms. The molecule has 3 N–H and O–H groups in total. The van der Waals surface area contributed by atoms with E-state index in [0.29, 0.717) is 6.04 Å². The Bertz CT molecular complexity index is 77.0. The molecule has 1 aliphatic rings. The quantitative estimate of drug-likeness (QED) is 0.580. The molecule has 2 heteroatoms. The molecule has 54 valence electrons. The van der Waals surface area contributed by atoms with Crippen LogP contribution in [0.1, 0.15) is 26.2 Å². The van der Waals surface area contributed by atoms with Crippen LogP contribution in [0.15, 0.2) is 0 Å². The molecule has 1 saturated carbocycles. The van der Waals surface area contributed by atoms with E-state index >= 15 is 0 Å². The zero-order valence-corrected chi connectivity index (χ0v) is 6.06. The van der Waals surface area contributed by atoms with Gasteiger partial charge in [0.2, 0.25) is 0 Å². The zero-order valence-electron chi connectivity index (χ0n) is 6.06. The van der Waals surface area contributed by atoms with Gasteiger partial charge in [0.1, 0.15) is 0 Å². The van der Waals surface area contributed by atoms with Crippen molar-refractivity contribution in [1.29, 1.82) is 0 Å². The highest BCUT2D eigenvalue weighted by Gasteiger charge is 2.24. The van der Waals surface area contributed by atoms with Gasteiger partial charge in [-0.05, 0) is 25.8 Å². The van der Waals surface area contributed by atoms with E-state index in [9.17, 15) is 0 Å². The zero-order chi connectivity index (χ0) is 6.69. The fourth-order valence-corrected chi connectivity index (χ4v) is 1.18. The summed E-state index contributed by atoms with van der Waals surface area (Å²) in [6.45, 7) is 3.34. The third kappa shape index (κ3) is 1.95. The van der Waals surface area contributed by atoms with Crippen molar-refractivity contribution >= 4 is 0 Å². The average Bonchev–Trinajstić information content (AvgIpc) is 1.78. The van der Waals surface area contributed by atoms with E-state index in [-0.39, 0.29) is 0 Å². The lowest BCUT2D eigenvalue weighted by Crippen LogP contribution is -2.48. The van der Waals surface area contributed by atoms with Gasteiger partial charge in [0.05, 0.1) is 0 Å². The van der Waals surface area contributed by atoms with E-state index in [0.717, 1.165) is 12.6 Å². The Labute approximate surface area is 56.8 Å². The highest BCUT2D eigenvalue weighted by molar-refractivity contribution is 4.87. The van der Waals surface area contributed by atoms with Crippen LogP contribution in [0.25, 0.3) is 0 Å². The summed E-state index contributed by atoms with van der Waals surface area (Å²) < 4.78 is 0. The number of nitrogens with two attached hydrogens (primary N) is 1. The first-order valence-corrected chi connectivity index (χ1v) is 3.82. The normalized spacial score (nSPS) is 34.0. The summed E-state index contributed by atoms with van der Waals surface area (Å²) in [7, 11) is 0. The summed E-state index contributed by atoms with van der Waals surface area (Å²) >= 11 is 0. The molecule has 0 amide bonds. The molecule has 0 aromatic rings. The summed E-state index contributed by atoms with van der Waals surface area (Å²) in [4.78, 5) is 0. The fraction of sp³-hybridized carbons (Fsp3) is 1.00. The van der Waals surface area contributed by atoms with Crippen molar-refractivity contribution in [2.24, 2.45) is 5.73 Å². The lowest BCUT2D eigenvalue weighted by atomic mass is 9.88. The molecule has 0 radical (unpaired) electrons. The van der Waals surface area contributed by atoms with Gasteiger partial charge in [0, 0.05) is 12.1 Å². The first-order chi connectivity index (χ1) is 4.33. The minimum Gasteiger partial charge on any atom is -0.328 e. The molecular weight excluding hydrogens is 112 g/mol. The standard InChI is InChI=1S/C7H16N2/c1-2-3-9-7-4-6(8)5-7/h6-7,9H,2-5,8H2,1H3/t6-,7+. The van der Waals surface area contributed by atoms with E-state index in [1.807, 2.05) is 0 Å². The van der Waals surface area contributed by atoms with E-state index in [4.69, 9.17) is 5.73 Å². The van der Waals surface area contributed by atoms with Gasteiger partial charge in [-0.1, -0.05) is 6.92 Å². The molecule has 0 spiro atoms. The molecule has 1 rings (SSSR count). The van der Waals surface area contributed by atoms with Gasteiger partial charge in [-0.15, -0.1) is 0 Å². The second-order valence-corrected chi connectivity index (χ2v) is 2.88. The largest absolute Gasteiger partial charge is 0.328 e. The topological polar surface area (TPSA) is 38.0 Å². The maximum absolute atomic E-state index is 5.60. The summed E-state index contributed by atoms with van der Waals surface area (Å²) in [5.41, 5.74) is 5.60. The molecule has 0 unspecified atom stereocenters. The lowest BCUT2D eigenvalue weighted by molar-refractivity contribution is 0.293. The molecule has 9 heavy (non-hydrogen) atoms. The fourth-order valence-electron chi connectivity index (χ4n) is 1.18. The predicted molar refractivity (Wildman–Crippen MR) is 39.3 cm³/mol. The van der Waals surface area contributed by atoms with Crippen LogP contribution in [-0.2, 0) is 0 Å². The van der Waals surface area contributed by atoms with E-state index in [2.05, 4.69) is 12.2 Å². The van der Waals surface area contributed by atoms with Crippen LogP contribution in [0, 0.1) is 0 Å². The van der Waals surface area contributed by atoms with Crippen molar-refractivity contribution < 1.29 is 0 Å². The Kier molecular flexibility index (Phi) is 2.49. The summed E-state index contributed by atoms with van der Waals surface area (Å²) in [5, 5.41) is 3.42. The van der Waals surface area contributed by atoms with Crippen LogP contribution in [-0.4, -0.2) is 18.6 Å². The van der Waals surface area contributed by atoms with Crippen molar-refractivity contribution in [1.82, 2.24) is 5.32 Å². The number of rotatable bonds is 3. The van der Waals surface area contributed by atoms with E-state index in [1.54, 1.807) is 0 Å². The number of hydrogen-bond donors (Lipinski definition) is 2. The summed E-state index contributed by atoms with van der Waals surface area (Å²) in [6.07, 6.45) is 3.59. The molecule has 0 aromatic carbocycles. The molecule has 0 saturated heterocycles. The van der Waals surface area contributed by atoms with Crippen LogP contribution < -0.4 is 11.1 Å². The monoisotopic (exact) mass is 128 g/mol. The SMILES string of the molecule is CCCN[C@H]1C[C@@H](N)C1.